The van der Waals surface area contributed by atoms with Crippen LogP contribution in [0.25, 0.3) is 11.4 Å². The number of carbonyl (C=O) groups is 3. The van der Waals surface area contributed by atoms with Crippen LogP contribution in [0.15, 0.2) is 61.6 Å². The van der Waals surface area contributed by atoms with Gasteiger partial charge in [-0.05, 0) is 47.6 Å². The maximum absolute atomic E-state index is 13.2. The molecule has 5 aromatic rings. The maximum Gasteiger partial charge on any atom is 0.439 e. The van der Waals surface area contributed by atoms with Gasteiger partial charge in [0.1, 0.15) is 29.1 Å². The summed E-state index contributed by atoms with van der Waals surface area (Å²) < 4.78 is 4.63. The number of amides is 2. The molecule has 47 heavy (non-hydrogen) atoms. The predicted molar refractivity (Wildman–Crippen MR) is 167 cm³/mol. The minimum absolute atomic E-state index is 0.00560. The molecule has 15 nitrogen and oxygen atoms in total. The Bertz CT molecular complexity index is 2260. The molecule has 3 heterocycles. The zero-order chi connectivity index (χ0) is 33.0. The molecule has 0 saturated heterocycles. The Morgan fingerprint density at radius 1 is 1.00 bits per heavy atom. The molecule has 0 spiro atoms. The molecule has 0 bridgehead atoms. The van der Waals surface area contributed by atoms with Gasteiger partial charge in [0.15, 0.2) is 11.6 Å². The molecule has 236 valence electrons. The second kappa shape index (κ2) is 11.3. The first-order valence-electron chi connectivity index (χ1n) is 14.7. The second-order valence-corrected chi connectivity index (χ2v) is 11.5. The fourth-order valence-corrected chi connectivity index (χ4v) is 6.29. The molecule has 3 aromatic carbocycles. The molecule has 0 saturated carbocycles. The molecular weight excluding hydrogens is 608 g/mol. The van der Waals surface area contributed by atoms with Crippen LogP contribution in [0.4, 0.5) is 11.4 Å². The highest BCUT2D eigenvalue weighted by atomic mass is 16.5. The zero-order valence-corrected chi connectivity index (χ0v) is 24.9. The van der Waals surface area contributed by atoms with E-state index in [1.54, 1.807) is 18.2 Å². The zero-order valence-electron chi connectivity index (χ0n) is 24.9. The number of aromatic amines is 1. The highest BCUT2D eigenvalue weighted by Gasteiger charge is 2.31. The van der Waals surface area contributed by atoms with Gasteiger partial charge < -0.3 is 21.3 Å². The van der Waals surface area contributed by atoms with Crippen LogP contribution < -0.4 is 37.9 Å². The topological polar surface area (TPSA) is 223 Å². The van der Waals surface area contributed by atoms with Gasteiger partial charge in [-0.3, -0.25) is 33.5 Å². The number of rotatable bonds is 7. The van der Waals surface area contributed by atoms with Gasteiger partial charge >= 0.3 is 5.76 Å². The highest BCUT2D eigenvalue weighted by molar-refractivity contribution is 6.02. The number of anilines is 2. The number of hydrogen-bond donors (Lipinski definition) is 4. The smallest absolute Gasteiger partial charge is 0.394 e. The standard InChI is InChI=1S/C32H26N8O7/c1-14-17-6-7-21(20(17)5-4-18(14)29-38-32(46)47-39-29)37-31(45)23-9-22(35-13-36-23)30(44)34-10-15-2-3-19-16(8-15)11-40(12-24(19)41)26-25(33)27(42)28(26)43/h2-5,8-9,13,21H,6-7,10-12,33H2,1H3,(H,34,44)(H,37,45)(H,38,39,46)/t21-/m0/s1. The highest BCUT2D eigenvalue weighted by Crippen LogP contribution is 2.37. The van der Waals surface area contributed by atoms with E-state index in [1.807, 2.05) is 19.1 Å². The van der Waals surface area contributed by atoms with Crippen molar-refractivity contribution in [1.82, 2.24) is 30.7 Å². The number of nitrogen functional groups attached to an aromatic ring is 1. The first kappa shape index (κ1) is 29.5. The number of nitrogens with one attached hydrogen (secondary N) is 3. The minimum atomic E-state index is -0.752. The molecule has 1 atom stereocenters. The Balaban J connectivity index is 1.01. The van der Waals surface area contributed by atoms with Crippen molar-refractivity contribution in [1.29, 1.82) is 0 Å². The fourth-order valence-electron chi connectivity index (χ4n) is 6.29. The third-order valence-corrected chi connectivity index (χ3v) is 8.68. The lowest BCUT2D eigenvalue weighted by Crippen LogP contribution is -2.46. The number of hydrogen-bond acceptors (Lipinski definition) is 12. The third-order valence-electron chi connectivity index (χ3n) is 8.68. The summed E-state index contributed by atoms with van der Waals surface area (Å²) >= 11 is 0. The van der Waals surface area contributed by atoms with Crippen molar-refractivity contribution in [3.05, 3.63) is 118 Å². The summed E-state index contributed by atoms with van der Waals surface area (Å²) in [5.74, 6) is -1.51. The number of H-pyrrole nitrogens is 1. The first-order chi connectivity index (χ1) is 22.6. The van der Waals surface area contributed by atoms with Crippen molar-refractivity contribution in [2.24, 2.45) is 0 Å². The number of nitrogens with zero attached hydrogens (tertiary/aromatic N) is 4. The van der Waals surface area contributed by atoms with Crippen molar-refractivity contribution in [3.63, 3.8) is 0 Å². The molecule has 2 aromatic heterocycles. The molecule has 2 aliphatic rings. The maximum atomic E-state index is 13.2. The predicted octanol–water partition coefficient (Wildman–Crippen LogP) is 0.857. The summed E-state index contributed by atoms with van der Waals surface area (Å²) in [6, 6.07) is 9.86. The number of nitrogens with two attached hydrogens (primary N) is 1. The molecule has 1 aliphatic carbocycles. The quantitative estimate of drug-likeness (QED) is 0.183. The van der Waals surface area contributed by atoms with Gasteiger partial charge in [-0.25, -0.2) is 14.8 Å². The summed E-state index contributed by atoms with van der Waals surface area (Å²) in [5, 5.41) is 9.53. The Morgan fingerprint density at radius 2 is 1.77 bits per heavy atom. The molecule has 5 N–H and O–H groups in total. The van der Waals surface area contributed by atoms with E-state index >= 15 is 0 Å². The van der Waals surface area contributed by atoms with Crippen molar-refractivity contribution in [2.45, 2.75) is 38.9 Å². The van der Waals surface area contributed by atoms with E-state index < -0.39 is 28.4 Å². The lowest BCUT2D eigenvalue weighted by atomic mass is 9.95. The van der Waals surface area contributed by atoms with Crippen LogP contribution in [0.1, 0.15) is 71.6 Å². The molecule has 2 amide bonds. The number of aromatic nitrogens is 4. The Labute approximate surface area is 264 Å². The molecule has 7 rings (SSSR count). The van der Waals surface area contributed by atoms with Crippen LogP contribution >= 0.6 is 0 Å². The van der Waals surface area contributed by atoms with Crippen LogP contribution in [0, 0.1) is 6.92 Å². The van der Waals surface area contributed by atoms with E-state index in [4.69, 9.17) is 5.73 Å². The van der Waals surface area contributed by atoms with Gasteiger partial charge in [0.25, 0.3) is 22.7 Å². The summed E-state index contributed by atoms with van der Waals surface area (Å²) in [4.78, 5) is 86.0. The Hall–Kier alpha value is -6.25. The van der Waals surface area contributed by atoms with E-state index in [2.05, 4.69) is 35.3 Å². The van der Waals surface area contributed by atoms with Crippen molar-refractivity contribution < 1.29 is 18.9 Å². The average molecular weight is 635 g/mol. The molecule has 0 fully saturated rings. The van der Waals surface area contributed by atoms with Crippen LogP contribution in [0.2, 0.25) is 0 Å². The number of carbonyl (C=O) groups excluding carboxylic acids is 3. The van der Waals surface area contributed by atoms with Crippen LogP contribution in [-0.2, 0) is 19.5 Å². The number of Topliss-reactive ketones (excluding diaryl/α,β-unsaturated/α-hetero) is 1. The summed E-state index contributed by atoms with van der Waals surface area (Å²) in [5.41, 5.74) is 9.64. The van der Waals surface area contributed by atoms with E-state index in [0.717, 1.165) is 28.6 Å². The number of fused-ring (bicyclic) bond motifs is 2. The van der Waals surface area contributed by atoms with E-state index in [-0.39, 0.29) is 54.2 Å². The molecule has 0 unspecified atom stereocenters. The van der Waals surface area contributed by atoms with Gasteiger partial charge in [0, 0.05) is 30.3 Å². The third kappa shape index (κ3) is 5.16. The summed E-state index contributed by atoms with van der Waals surface area (Å²) in [6.07, 6.45) is 2.51. The number of ketones is 1. The molecule has 0 radical (unpaired) electrons. The lowest BCUT2D eigenvalue weighted by Gasteiger charge is -2.31. The minimum Gasteiger partial charge on any atom is -0.394 e. The molecule has 15 heteroatoms. The van der Waals surface area contributed by atoms with Crippen molar-refractivity contribution in [2.75, 3.05) is 17.2 Å². The Morgan fingerprint density at radius 3 is 2.51 bits per heavy atom. The van der Waals surface area contributed by atoms with Crippen LogP contribution in [0.3, 0.4) is 0 Å². The van der Waals surface area contributed by atoms with Gasteiger partial charge in [-0.15, -0.1) is 0 Å². The Kier molecular flexibility index (Phi) is 7.07. The van der Waals surface area contributed by atoms with E-state index in [0.29, 0.717) is 35.4 Å². The van der Waals surface area contributed by atoms with Gasteiger partial charge in [0.2, 0.25) is 0 Å². The van der Waals surface area contributed by atoms with Gasteiger partial charge in [0.05, 0.1) is 12.6 Å². The lowest BCUT2D eigenvalue weighted by molar-refractivity contribution is 0.0930. The van der Waals surface area contributed by atoms with Crippen molar-refractivity contribution >= 4 is 29.0 Å². The largest absolute Gasteiger partial charge is 0.439 e. The monoisotopic (exact) mass is 634 g/mol. The first-order valence-corrected chi connectivity index (χ1v) is 14.7. The van der Waals surface area contributed by atoms with Crippen molar-refractivity contribution in [3.8, 4) is 11.4 Å². The SMILES string of the molecule is Cc1c(-c2noc(=O)[nH]2)ccc2c1CC[C@@H]2NC(=O)c1cc(C(=O)NCc2ccc3c(c2)CN(c2c(N)c(=O)c2=O)CC3=O)ncn1. The average Bonchev–Trinajstić information content (AvgIpc) is 3.69. The fraction of sp³-hybridized carbons (Fsp3) is 0.219. The van der Waals surface area contributed by atoms with Crippen LogP contribution in [0.5, 0.6) is 0 Å². The normalized spacial score (nSPS) is 15.4. The van der Waals surface area contributed by atoms with E-state index in [1.165, 1.54) is 11.0 Å². The van der Waals surface area contributed by atoms with Crippen LogP contribution in [-0.4, -0.2) is 44.3 Å². The summed E-state index contributed by atoms with van der Waals surface area (Å²) in [7, 11) is 0. The van der Waals surface area contributed by atoms with Gasteiger partial charge in [-0.2, -0.15) is 0 Å². The summed E-state index contributed by atoms with van der Waals surface area (Å²) in [6.45, 7) is 2.16. The molecular formula is C32H26N8O7. The van der Waals surface area contributed by atoms with E-state index in [9.17, 15) is 28.8 Å². The van der Waals surface area contributed by atoms with Gasteiger partial charge in [-0.1, -0.05) is 35.5 Å². The second-order valence-electron chi connectivity index (χ2n) is 11.5. The number of benzene rings is 2. The molecule has 1 aliphatic heterocycles.